The van der Waals surface area contributed by atoms with E-state index in [4.69, 9.17) is 15.0 Å². The van der Waals surface area contributed by atoms with E-state index in [9.17, 15) is 0 Å². The third-order valence-electron chi connectivity index (χ3n) is 7.88. The Morgan fingerprint density at radius 3 is 1.73 bits per heavy atom. The highest BCUT2D eigenvalue weighted by Gasteiger charge is 2.15. The van der Waals surface area contributed by atoms with E-state index in [1.54, 1.807) is 24.8 Å². The van der Waals surface area contributed by atoms with Crippen LogP contribution >= 0.6 is 0 Å². The van der Waals surface area contributed by atoms with Crippen molar-refractivity contribution in [3.05, 3.63) is 152 Å². The number of rotatable bonds is 5. The number of nitrogens with zero attached hydrogens (tertiary/aromatic N) is 5. The SMILES string of the molecule is c1ccc(-c2cc(-c3cccc(-c4nc(-c5ccncc5)cc(-c5ccncc5)n4)c3)nc3ccc4ccccc4c23)cc1. The van der Waals surface area contributed by atoms with Crippen LogP contribution in [0.1, 0.15) is 0 Å². The second-order valence-corrected chi connectivity index (χ2v) is 10.6. The number of pyridine rings is 3. The van der Waals surface area contributed by atoms with Crippen LogP contribution in [0.25, 0.3) is 78.0 Å². The second-order valence-electron chi connectivity index (χ2n) is 10.6. The maximum Gasteiger partial charge on any atom is 0.160 e. The average molecular weight is 564 g/mol. The lowest BCUT2D eigenvalue weighted by Gasteiger charge is -2.14. The summed E-state index contributed by atoms with van der Waals surface area (Å²) < 4.78 is 0. The molecule has 0 aliphatic rings. The van der Waals surface area contributed by atoms with Gasteiger partial charge in [0, 0.05) is 52.4 Å². The molecular formula is C39H25N5. The van der Waals surface area contributed by atoms with E-state index >= 15 is 0 Å². The number of hydrogen-bond donors (Lipinski definition) is 0. The lowest BCUT2D eigenvalue weighted by molar-refractivity contribution is 1.18. The summed E-state index contributed by atoms with van der Waals surface area (Å²) in [5, 5.41) is 3.55. The average Bonchev–Trinajstić information content (AvgIpc) is 3.12. The Bertz CT molecular complexity index is 2210. The molecule has 0 fully saturated rings. The minimum Gasteiger partial charge on any atom is -0.265 e. The summed E-state index contributed by atoms with van der Waals surface area (Å²) >= 11 is 0. The molecule has 0 saturated carbocycles. The Morgan fingerprint density at radius 1 is 0.386 bits per heavy atom. The highest BCUT2D eigenvalue weighted by molar-refractivity contribution is 6.13. The molecule has 4 aromatic heterocycles. The van der Waals surface area contributed by atoms with Gasteiger partial charge in [-0.1, -0.05) is 78.9 Å². The van der Waals surface area contributed by atoms with E-state index in [1.807, 2.05) is 36.4 Å². The first-order valence-electron chi connectivity index (χ1n) is 14.5. The van der Waals surface area contributed by atoms with Crippen LogP contribution < -0.4 is 0 Å². The van der Waals surface area contributed by atoms with Gasteiger partial charge in [0.25, 0.3) is 0 Å². The summed E-state index contributed by atoms with van der Waals surface area (Å²) in [6.07, 6.45) is 7.12. The highest BCUT2D eigenvalue weighted by Crippen LogP contribution is 2.37. The van der Waals surface area contributed by atoms with Gasteiger partial charge in [-0.2, -0.15) is 0 Å². The fourth-order valence-corrected chi connectivity index (χ4v) is 5.74. The van der Waals surface area contributed by atoms with E-state index in [1.165, 1.54) is 10.8 Å². The quantitative estimate of drug-likeness (QED) is 0.195. The molecule has 5 heteroatoms. The van der Waals surface area contributed by atoms with E-state index < -0.39 is 0 Å². The normalized spacial score (nSPS) is 11.2. The van der Waals surface area contributed by atoms with Crippen LogP contribution in [0, 0.1) is 0 Å². The Kier molecular flexibility index (Phi) is 6.39. The van der Waals surface area contributed by atoms with Crippen LogP contribution in [-0.2, 0) is 0 Å². The molecule has 0 spiro atoms. The molecule has 8 rings (SSSR count). The minimum absolute atomic E-state index is 0.642. The molecule has 4 aromatic carbocycles. The van der Waals surface area contributed by atoms with Gasteiger partial charge in [-0.25, -0.2) is 15.0 Å². The first-order valence-corrected chi connectivity index (χ1v) is 14.5. The van der Waals surface area contributed by atoms with Crippen molar-refractivity contribution >= 4 is 21.7 Å². The topological polar surface area (TPSA) is 64.5 Å². The maximum absolute atomic E-state index is 5.19. The van der Waals surface area contributed by atoms with Gasteiger partial charge in [-0.15, -0.1) is 0 Å². The van der Waals surface area contributed by atoms with Gasteiger partial charge in [0.05, 0.1) is 22.6 Å². The lowest BCUT2D eigenvalue weighted by atomic mass is 9.94. The zero-order valence-electron chi connectivity index (χ0n) is 23.7. The van der Waals surface area contributed by atoms with Crippen LogP contribution in [0.4, 0.5) is 0 Å². The molecule has 4 heterocycles. The third-order valence-corrected chi connectivity index (χ3v) is 7.88. The smallest absolute Gasteiger partial charge is 0.160 e. The van der Waals surface area contributed by atoms with Gasteiger partial charge in [0.2, 0.25) is 0 Å². The number of benzene rings is 4. The van der Waals surface area contributed by atoms with Crippen molar-refractivity contribution in [2.75, 3.05) is 0 Å². The molecule has 0 radical (unpaired) electrons. The van der Waals surface area contributed by atoms with Crippen molar-refractivity contribution in [1.82, 2.24) is 24.9 Å². The Hall–Kier alpha value is -6.07. The molecule has 0 N–H and O–H groups in total. The van der Waals surface area contributed by atoms with Crippen molar-refractivity contribution in [1.29, 1.82) is 0 Å². The summed E-state index contributed by atoms with van der Waals surface area (Å²) in [5.41, 5.74) is 9.70. The molecule has 0 aliphatic heterocycles. The van der Waals surface area contributed by atoms with Gasteiger partial charge in [0.1, 0.15) is 0 Å². The predicted octanol–water partition coefficient (Wildman–Crippen LogP) is 9.30. The molecule has 206 valence electrons. The Morgan fingerprint density at radius 2 is 1.00 bits per heavy atom. The van der Waals surface area contributed by atoms with Crippen LogP contribution in [0.15, 0.2) is 152 Å². The second kappa shape index (κ2) is 11.0. The fourth-order valence-electron chi connectivity index (χ4n) is 5.74. The number of fused-ring (bicyclic) bond motifs is 3. The molecule has 0 bridgehead atoms. The summed E-state index contributed by atoms with van der Waals surface area (Å²) in [6.45, 7) is 0. The molecule has 8 aromatic rings. The largest absolute Gasteiger partial charge is 0.265 e. The van der Waals surface area contributed by atoms with E-state index in [0.29, 0.717) is 5.82 Å². The predicted molar refractivity (Wildman–Crippen MR) is 178 cm³/mol. The van der Waals surface area contributed by atoms with Crippen molar-refractivity contribution in [3.8, 4) is 56.3 Å². The summed E-state index contributed by atoms with van der Waals surface area (Å²) in [4.78, 5) is 23.6. The Labute approximate surface area is 254 Å². The van der Waals surface area contributed by atoms with Crippen molar-refractivity contribution in [3.63, 3.8) is 0 Å². The van der Waals surface area contributed by atoms with Crippen LogP contribution in [0.3, 0.4) is 0 Å². The molecule has 0 amide bonds. The molecular weight excluding hydrogens is 538 g/mol. The maximum atomic E-state index is 5.19. The van der Waals surface area contributed by atoms with Crippen LogP contribution in [0.2, 0.25) is 0 Å². The zero-order chi connectivity index (χ0) is 29.3. The molecule has 0 atom stereocenters. The van der Waals surface area contributed by atoms with E-state index in [-0.39, 0.29) is 0 Å². The monoisotopic (exact) mass is 563 g/mol. The van der Waals surface area contributed by atoms with Crippen molar-refractivity contribution in [2.24, 2.45) is 0 Å². The van der Waals surface area contributed by atoms with Gasteiger partial charge in [-0.3, -0.25) is 9.97 Å². The summed E-state index contributed by atoms with van der Waals surface area (Å²) in [6, 6.07) is 43.7. The Balaban J connectivity index is 1.31. The van der Waals surface area contributed by atoms with Gasteiger partial charge in [0.15, 0.2) is 5.82 Å². The molecule has 0 saturated heterocycles. The van der Waals surface area contributed by atoms with Crippen molar-refractivity contribution in [2.45, 2.75) is 0 Å². The molecule has 0 aliphatic carbocycles. The summed E-state index contributed by atoms with van der Waals surface area (Å²) in [5.74, 6) is 0.642. The first kappa shape index (κ1) is 25.6. The summed E-state index contributed by atoms with van der Waals surface area (Å²) in [7, 11) is 0. The zero-order valence-corrected chi connectivity index (χ0v) is 23.7. The van der Waals surface area contributed by atoms with Gasteiger partial charge >= 0.3 is 0 Å². The molecule has 44 heavy (non-hydrogen) atoms. The third kappa shape index (κ3) is 4.76. The van der Waals surface area contributed by atoms with E-state index in [2.05, 4.69) is 101 Å². The fraction of sp³-hybridized carbons (Fsp3) is 0. The minimum atomic E-state index is 0.642. The highest BCUT2D eigenvalue weighted by atomic mass is 14.9. The number of aromatic nitrogens is 5. The lowest BCUT2D eigenvalue weighted by Crippen LogP contribution is -1.97. The number of hydrogen-bond acceptors (Lipinski definition) is 5. The standard InChI is InChI=1S/C39H25N5/c1-2-7-26(8-3-1)33-24-35(42-34-14-13-27-9-4-5-12-32(27)38(33)34)30-10-6-11-31(23-30)39-43-36(28-15-19-40-20-16-28)25-37(44-39)29-17-21-41-22-18-29/h1-25H. The van der Waals surface area contributed by atoms with Crippen LogP contribution in [-0.4, -0.2) is 24.9 Å². The van der Waals surface area contributed by atoms with Gasteiger partial charge in [-0.05, 0) is 70.4 Å². The van der Waals surface area contributed by atoms with Crippen molar-refractivity contribution < 1.29 is 0 Å². The first-order chi connectivity index (χ1) is 21.8. The molecule has 5 nitrogen and oxygen atoms in total. The van der Waals surface area contributed by atoms with Gasteiger partial charge < -0.3 is 0 Å². The van der Waals surface area contributed by atoms with Crippen LogP contribution in [0.5, 0.6) is 0 Å². The van der Waals surface area contributed by atoms with E-state index in [0.717, 1.165) is 61.4 Å². The molecule has 0 unspecified atom stereocenters.